The predicted molar refractivity (Wildman–Crippen MR) is 72.7 cm³/mol. The van der Waals surface area contributed by atoms with Crippen molar-refractivity contribution in [2.45, 2.75) is 30.0 Å². The van der Waals surface area contributed by atoms with Crippen LogP contribution in [0, 0.1) is 0 Å². The van der Waals surface area contributed by atoms with Gasteiger partial charge in [-0.15, -0.1) is 0 Å². The standard InChI is InChI=1S/C12H14ClF3N2O2S/c13-11-4-3-9(7-10(11)12(14,15)16)21(19,20)18-6-5-17-8-1-2-8/h3-4,7-8,17-18H,1-2,5-6H2. The van der Waals surface area contributed by atoms with E-state index in [9.17, 15) is 21.6 Å². The smallest absolute Gasteiger partial charge is 0.313 e. The molecule has 1 aromatic rings. The Morgan fingerprint density at radius 3 is 2.48 bits per heavy atom. The van der Waals surface area contributed by atoms with Crippen molar-refractivity contribution in [2.75, 3.05) is 13.1 Å². The first-order valence-corrected chi connectivity index (χ1v) is 8.16. The highest BCUT2D eigenvalue weighted by Crippen LogP contribution is 2.35. The van der Waals surface area contributed by atoms with E-state index in [1.165, 1.54) is 0 Å². The van der Waals surface area contributed by atoms with Crippen LogP contribution in [0.4, 0.5) is 13.2 Å². The fraction of sp³-hybridized carbons (Fsp3) is 0.500. The summed E-state index contributed by atoms with van der Waals surface area (Å²) in [7, 11) is -3.99. The van der Waals surface area contributed by atoms with Crippen LogP contribution < -0.4 is 10.0 Å². The first kappa shape index (κ1) is 16.5. The molecule has 0 saturated heterocycles. The molecule has 1 aliphatic carbocycles. The number of nitrogens with one attached hydrogen (secondary N) is 2. The normalized spacial score (nSPS) is 16.2. The van der Waals surface area contributed by atoms with Gasteiger partial charge in [0.25, 0.3) is 0 Å². The fourth-order valence-corrected chi connectivity index (χ4v) is 3.00. The molecular weight excluding hydrogens is 329 g/mol. The Bertz CT molecular complexity index is 615. The first-order chi connectivity index (χ1) is 9.70. The molecule has 0 amide bonds. The second kappa shape index (κ2) is 6.12. The van der Waals surface area contributed by atoms with Gasteiger partial charge in [0.1, 0.15) is 0 Å². The zero-order chi connectivity index (χ0) is 15.7. The molecule has 1 aromatic carbocycles. The van der Waals surface area contributed by atoms with E-state index in [2.05, 4.69) is 10.0 Å². The van der Waals surface area contributed by atoms with Gasteiger partial charge >= 0.3 is 6.18 Å². The average Bonchev–Trinajstić information content (AvgIpc) is 3.17. The zero-order valence-corrected chi connectivity index (χ0v) is 12.4. The maximum Gasteiger partial charge on any atom is 0.417 e. The predicted octanol–water partition coefficient (Wildman–Crippen LogP) is 2.39. The molecule has 1 saturated carbocycles. The summed E-state index contributed by atoms with van der Waals surface area (Å²) in [6.45, 7) is 0.548. The molecule has 0 aromatic heterocycles. The van der Waals surface area contributed by atoms with Gasteiger partial charge in [-0.05, 0) is 31.0 Å². The van der Waals surface area contributed by atoms with Gasteiger partial charge in [0.05, 0.1) is 15.5 Å². The third kappa shape index (κ3) is 4.57. The Kier molecular flexibility index (Phi) is 4.82. The summed E-state index contributed by atoms with van der Waals surface area (Å²) < 4.78 is 64.3. The van der Waals surface area contributed by atoms with E-state index >= 15 is 0 Å². The maximum absolute atomic E-state index is 12.7. The van der Waals surface area contributed by atoms with E-state index in [1.807, 2.05) is 0 Å². The van der Waals surface area contributed by atoms with Gasteiger partial charge in [-0.1, -0.05) is 11.6 Å². The second-order valence-electron chi connectivity index (χ2n) is 4.77. The minimum atomic E-state index is -4.70. The molecular formula is C12H14ClF3N2O2S. The molecule has 4 nitrogen and oxygen atoms in total. The minimum absolute atomic E-state index is 0.114. The zero-order valence-electron chi connectivity index (χ0n) is 10.9. The highest BCUT2D eigenvalue weighted by Gasteiger charge is 2.34. The summed E-state index contributed by atoms with van der Waals surface area (Å²) in [6, 6.07) is 2.95. The average molecular weight is 343 g/mol. The number of sulfonamides is 1. The third-order valence-electron chi connectivity index (χ3n) is 2.98. The molecule has 0 atom stereocenters. The highest BCUT2D eigenvalue weighted by atomic mass is 35.5. The fourth-order valence-electron chi connectivity index (χ4n) is 1.72. The molecule has 21 heavy (non-hydrogen) atoms. The van der Waals surface area contributed by atoms with Crippen molar-refractivity contribution in [2.24, 2.45) is 0 Å². The molecule has 0 radical (unpaired) electrons. The minimum Gasteiger partial charge on any atom is -0.313 e. The molecule has 2 N–H and O–H groups in total. The molecule has 0 heterocycles. The van der Waals surface area contributed by atoms with Gasteiger partial charge in [0.2, 0.25) is 10.0 Å². The van der Waals surface area contributed by atoms with Gasteiger partial charge in [0, 0.05) is 19.1 Å². The molecule has 9 heteroatoms. The van der Waals surface area contributed by atoms with E-state index in [0.29, 0.717) is 18.7 Å². The molecule has 0 aliphatic heterocycles. The van der Waals surface area contributed by atoms with E-state index in [-0.39, 0.29) is 6.54 Å². The number of rotatable bonds is 6. The summed E-state index contributed by atoms with van der Waals surface area (Å²) in [5.41, 5.74) is -1.16. The summed E-state index contributed by atoms with van der Waals surface area (Å²) in [5.74, 6) is 0. The molecule has 118 valence electrons. The quantitative estimate of drug-likeness (QED) is 0.780. The lowest BCUT2D eigenvalue weighted by atomic mass is 10.2. The maximum atomic E-state index is 12.7. The van der Waals surface area contributed by atoms with Crippen LogP contribution >= 0.6 is 11.6 Å². The molecule has 0 spiro atoms. The van der Waals surface area contributed by atoms with Crippen LogP contribution in [-0.2, 0) is 16.2 Å². The highest BCUT2D eigenvalue weighted by molar-refractivity contribution is 7.89. The van der Waals surface area contributed by atoms with Crippen molar-refractivity contribution in [3.05, 3.63) is 28.8 Å². The first-order valence-electron chi connectivity index (χ1n) is 6.30. The van der Waals surface area contributed by atoms with E-state index in [1.54, 1.807) is 0 Å². The lowest BCUT2D eigenvalue weighted by Gasteiger charge is -2.12. The van der Waals surface area contributed by atoms with Crippen molar-refractivity contribution in [1.82, 2.24) is 10.0 Å². The molecule has 0 bridgehead atoms. The molecule has 1 aliphatic rings. The van der Waals surface area contributed by atoms with Crippen LogP contribution in [0.2, 0.25) is 5.02 Å². The van der Waals surface area contributed by atoms with Crippen LogP contribution in [0.3, 0.4) is 0 Å². The Hall–Kier alpha value is -0.830. The number of hydrogen-bond acceptors (Lipinski definition) is 3. The number of benzene rings is 1. The van der Waals surface area contributed by atoms with Crippen molar-refractivity contribution in [3.63, 3.8) is 0 Å². The van der Waals surface area contributed by atoms with Gasteiger partial charge in [0.15, 0.2) is 0 Å². The van der Waals surface area contributed by atoms with Crippen LogP contribution in [0.15, 0.2) is 23.1 Å². The van der Waals surface area contributed by atoms with Crippen LogP contribution in [0.25, 0.3) is 0 Å². The van der Waals surface area contributed by atoms with Gasteiger partial charge < -0.3 is 5.32 Å². The van der Waals surface area contributed by atoms with Gasteiger partial charge in [-0.3, -0.25) is 0 Å². The molecule has 1 fully saturated rings. The lowest BCUT2D eigenvalue weighted by Crippen LogP contribution is -2.32. The Balaban J connectivity index is 2.07. The third-order valence-corrected chi connectivity index (χ3v) is 4.77. The van der Waals surface area contributed by atoms with Crippen LogP contribution in [-0.4, -0.2) is 27.5 Å². The van der Waals surface area contributed by atoms with Crippen LogP contribution in [0.5, 0.6) is 0 Å². The van der Waals surface area contributed by atoms with Gasteiger partial charge in [-0.25, -0.2) is 13.1 Å². The SMILES string of the molecule is O=S(=O)(NCCNC1CC1)c1ccc(Cl)c(C(F)(F)F)c1. The van der Waals surface area contributed by atoms with Crippen molar-refractivity contribution >= 4 is 21.6 Å². The summed E-state index contributed by atoms with van der Waals surface area (Å²) in [4.78, 5) is -0.453. The second-order valence-corrected chi connectivity index (χ2v) is 6.94. The van der Waals surface area contributed by atoms with E-state index in [4.69, 9.17) is 11.6 Å². The van der Waals surface area contributed by atoms with Crippen LogP contribution in [0.1, 0.15) is 18.4 Å². The van der Waals surface area contributed by atoms with E-state index < -0.39 is 31.7 Å². The summed E-state index contributed by atoms with van der Waals surface area (Å²) in [6.07, 6.45) is -2.56. The lowest BCUT2D eigenvalue weighted by molar-refractivity contribution is -0.137. The monoisotopic (exact) mass is 342 g/mol. The van der Waals surface area contributed by atoms with Crippen molar-refractivity contribution in [3.8, 4) is 0 Å². The Morgan fingerprint density at radius 1 is 1.24 bits per heavy atom. The number of alkyl halides is 3. The van der Waals surface area contributed by atoms with Gasteiger partial charge in [-0.2, -0.15) is 13.2 Å². The Morgan fingerprint density at radius 2 is 1.90 bits per heavy atom. The van der Waals surface area contributed by atoms with Crippen molar-refractivity contribution in [1.29, 1.82) is 0 Å². The number of halogens is 4. The number of hydrogen-bond donors (Lipinski definition) is 2. The summed E-state index contributed by atoms with van der Waals surface area (Å²) in [5, 5.41) is 2.57. The Labute approximate surface area is 125 Å². The van der Waals surface area contributed by atoms with E-state index in [0.717, 1.165) is 25.0 Å². The molecule has 0 unspecified atom stereocenters. The largest absolute Gasteiger partial charge is 0.417 e. The topological polar surface area (TPSA) is 58.2 Å². The molecule has 2 rings (SSSR count). The van der Waals surface area contributed by atoms with Crippen molar-refractivity contribution < 1.29 is 21.6 Å². The summed E-state index contributed by atoms with van der Waals surface area (Å²) >= 11 is 5.45.